The van der Waals surface area contributed by atoms with E-state index in [1.165, 1.54) is 17.8 Å². The number of methoxy groups -OCH3 is 1. The molecule has 11 heteroatoms. The summed E-state index contributed by atoms with van der Waals surface area (Å²) in [5.41, 5.74) is 1.21. The first-order chi connectivity index (χ1) is 19.0. The summed E-state index contributed by atoms with van der Waals surface area (Å²) in [6.07, 6.45) is 7.11. The highest BCUT2D eigenvalue weighted by molar-refractivity contribution is 7.92. The smallest absolute Gasteiger partial charge is 0.243 e. The summed E-state index contributed by atoms with van der Waals surface area (Å²) < 4.78 is 31.7. The van der Waals surface area contributed by atoms with Gasteiger partial charge in [0.25, 0.3) is 0 Å². The predicted molar refractivity (Wildman–Crippen MR) is 161 cm³/mol. The minimum absolute atomic E-state index is 0.0600. The maximum absolute atomic E-state index is 13.7. The molecule has 2 aromatic carbocycles. The molecule has 0 heterocycles. The van der Waals surface area contributed by atoms with E-state index >= 15 is 0 Å². The van der Waals surface area contributed by atoms with Crippen LogP contribution in [0.2, 0.25) is 10.0 Å². The van der Waals surface area contributed by atoms with Crippen molar-refractivity contribution < 1.29 is 22.7 Å². The summed E-state index contributed by atoms with van der Waals surface area (Å²) in [5, 5.41) is 3.93. The van der Waals surface area contributed by atoms with E-state index in [-0.39, 0.29) is 43.8 Å². The van der Waals surface area contributed by atoms with Crippen molar-refractivity contribution in [1.82, 2.24) is 10.2 Å². The minimum atomic E-state index is -3.61. The van der Waals surface area contributed by atoms with Gasteiger partial charge in [-0.1, -0.05) is 61.5 Å². The molecule has 0 spiro atoms. The van der Waals surface area contributed by atoms with Crippen molar-refractivity contribution in [2.45, 2.75) is 76.9 Å². The highest BCUT2D eigenvalue weighted by Crippen LogP contribution is 2.26. The molecule has 0 unspecified atom stereocenters. The number of nitrogens with one attached hydrogen (secondary N) is 1. The Balaban J connectivity index is 1.78. The molecule has 1 saturated carbocycles. The van der Waals surface area contributed by atoms with Gasteiger partial charge >= 0.3 is 0 Å². The number of hydrogen-bond acceptors (Lipinski definition) is 5. The Morgan fingerprint density at radius 3 is 2.42 bits per heavy atom. The third kappa shape index (κ3) is 9.01. The number of benzene rings is 2. The van der Waals surface area contributed by atoms with E-state index in [4.69, 9.17) is 27.9 Å². The molecule has 2 aromatic rings. The van der Waals surface area contributed by atoms with Gasteiger partial charge in [-0.2, -0.15) is 0 Å². The third-order valence-electron chi connectivity index (χ3n) is 7.17. The van der Waals surface area contributed by atoms with Crippen molar-refractivity contribution in [3.8, 4) is 5.75 Å². The zero-order valence-electron chi connectivity index (χ0n) is 23.4. The largest absolute Gasteiger partial charge is 0.497 e. The second-order valence-corrected chi connectivity index (χ2v) is 12.9. The first kappa shape index (κ1) is 32.0. The molecular weight excluding hydrogens is 573 g/mol. The van der Waals surface area contributed by atoms with Gasteiger partial charge in [0.15, 0.2) is 0 Å². The van der Waals surface area contributed by atoms with Crippen molar-refractivity contribution in [3.05, 3.63) is 58.1 Å². The second-order valence-electron chi connectivity index (χ2n) is 10.2. The first-order valence-electron chi connectivity index (χ1n) is 13.7. The zero-order valence-corrected chi connectivity index (χ0v) is 25.7. The molecule has 1 aliphatic rings. The molecule has 220 valence electrons. The van der Waals surface area contributed by atoms with E-state index in [0.29, 0.717) is 27.9 Å². The van der Waals surface area contributed by atoms with Gasteiger partial charge in [-0.25, -0.2) is 8.42 Å². The van der Waals surface area contributed by atoms with E-state index < -0.39 is 16.1 Å². The van der Waals surface area contributed by atoms with Crippen LogP contribution in [0.5, 0.6) is 5.75 Å². The SMILES string of the molecule is CC[C@@H](C(=O)NC1CCCCC1)N(Cc1ccc(Cl)c(Cl)c1)C(=O)CCCN(c1cccc(OC)c1)S(C)(=O)=O. The quantitative estimate of drug-likeness (QED) is 0.308. The first-order valence-corrected chi connectivity index (χ1v) is 16.3. The Hall–Kier alpha value is -2.49. The summed E-state index contributed by atoms with van der Waals surface area (Å²) in [6.45, 7) is 2.16. The molecule has 0 saturated heterocycles. The van der Waals surface area contributed by atoms with Crippen molar-refractivity contribution in [2.75, 3.05) is 24.2 Å². The number of sulfonamides is 1. The maximum Gasteiger partial charge on any atom is 0.243 e. The molecule has 0 aliphatic heterocycles. The van der Waals surface area contributed by atoms with Crippen LogP contribution in [0, 0.1) is 0 Å². The average molecular weight is 613 g/mol. The Kier molecular flexibility index (Phi) is 12.0. The standard InChI is InChI=1S/C29H39Cl2N3O5S/c1-4-27(29(36)32-22-10-6-5-7-11-22)33(20-21-15-16-25(30)26(31)18-21)28(35)14-9-17-34(40(3,37)38)23-12-8-13-24(19-23)39-2/h8,12-13,15-16,18-19,22,27H,4-7,9-11,14,17,20H2,1-3H3,(H,32,36)/t27-/m0/s1. The molecular formula is C29H39Cl2N3O5S. The topological polar surface area (TPSA) is 96.0 Å². The maximum atomic E-state index is 13.7. The molecule has 1 fully saturated rings. The van der Waals surface area contributed by atoms with Crippen molar-refractivity contribution in [3.63, 3.8) is 0 Å². The van der Waals surface area contributed by atoms with Gasteiger partial charge in [-0.3, -0.25) is 13.9 Å². The fourth-order valence-corrected chi connectivity index (χ4v) is 6.35. The van der Waals surface area contributed by atoms with E-state index in [1.54, 1.807) is 47.4 Å². The molecule has 0 bridgehead atoms. The fraction of sp³-hybridized carbons (Fsp3) is 0.517. The number of carbonyl (C=O) groups excluding carboxylic acids is 2. The molecule has 0 aromatic heterocycles. The van der Waals surface area contributed by atoms with Gasteiger partial charge in [0.2, 0.25) is 21.8 Å². The van der Waals surface area contributed by atoms with Crippen LogP contribution in [-0.2, 0) is 26.2 Å². The Labute approximate surface area is 248 Å². The highest BCUT2D eigenvalue weighted by Gasteiger charge is 2.30. The highest BCUT2D eigenvalue weighted by atomic mass is 35.5. The second kappa shape index (κ2) is 14.9. The summed E-state index contributed by atoms with van der Waals surface area (Å²) in [6, 6.07) is 11.4. The molecule has 1 N–H and O–H groups in total. The Morgan fingerprint density at radius 2 is 1.80 bits per heavy atom. The molecule has 1 atom stereocenters. The molecule has 8 nitrogen and oxygen atoms in total. The average Bonchev–Trinajstić information content (AvgIpc) is 2.92. The number of ether oxygens (including phenoxy) is 1. The monoisotopic (exact) mass is 611 g/mol. The van der Waals surface area contributed by atoms with Crippen LogP contribution in [0.4, 0.5) is 5.69 Å². The molecule has 2 amide bonds. The number of rotatable bonds is 13. The van der Waals surface area contributed by atoms with E-state index in [1.807, 2.05) is 6.92 Å². The lowest BCUT2D eigenvalue weighted by Gasteiger charge is -2.33. The summed E-state index contributed by atoms with van der Waals surface area (Å²) in [4.78, 5) is 28.6. The van der Waals surface area contributed by atoms with Gasteiger partial charge < -0.3 is 15.0 Å². The van der Waals surface area contributed by atoms with Gasteiger partial charge in [-0.05, 0) is 55.5 Å². The van der Waals surface area contributed by atoms with Crippen LogP contribution in [0.15, 0.2) is 42.5 Å². The normalized spacial score (nSPS) is 14.8. The Morgan fingerprint density at radius 1 is 1.07 bits per heavy atom. The summed E-state index contributed by atoms with van der Waals surface area (Å²) >= 11 is 12.3. The number of carbonyl (C=O) groups is 2. The van der Waals surface area contributed by atoms with Crippen molar-refractivity contribution >= 4 is 50.7 Å². The Bertz CT molecular complexity index is 1270. The van der Waals surface area contributed by atoms with Crippen LogP contribution in [0.3, 0.4) is 0 Å². The molecule has 0 radical (unpaired) electrons. The molecule has 3 rings (SSSR count). The number of nitrogens with zero attached hydrogens (tertiary/aromatic N) is 2. The molecule has 40 heavy (non-hydrogen) atoms. The summed E-state index contributed by atoms with van der Waals surface area (Å²) in [7, 11) is -2.09. The van der Waals surface area contributed by atoms with Crippen LogP contribution in [0.25, 0.3) is 0 Å². The van der Waals surface area contributed by atoms with Crippen LogP contribution in [0.1, 0.15) is 63.9 Å². The van der Waals surface area contributed by atoms with Gasteiger partial charge in [0.05, 0.1) is 29.1 Å². The van der Waals surface area contributed by atoms with E-state index in [2.05, 4.69) is 5.32 Å². The van der Waals surface area contributed by atoms with Gasteiger partial charge in [0, 0.05) is 31.6 Å². The van der Waals surface area contributed by atoms with Crippen molar-refractivity contribution in [1.29, 1.82) is 0 Å². The minimum Gasteiger partial charge on any atom is -0.497 e. The lowest BCUT2D eigenvalue weighted by Crippen LogP contribution is -2.51. The fourth-order valence-electron chi connectivity index (χ4n) is 5.07. The van der Waals surface area contributed by atoms with Crippen LogP contribution >= 0.6 is 23.2 Å². The molecule has 1 aliphatic carbocycles. The predicted octanol–water partition coefficient (Wildman–Crippen LogP) is 5.80. The lowest BCUT2D eigenvalue weighted by atomic mass is 9.95. The van der Waals surface area contributed by atoms with E-state index in [0.717, 1.165) is 37.5 Å². The van der Waals surface area contributed by atoms with Crippen molar-refractivity contribution in [2.24, 2.45) is 0 Å². The van der Waals surface area contributed by atoms with Crippen LogP contribution in [-0.4, -0.2) is 57.1 Å². The van der Waals surface area contributed by atoms with E-state index in [9.17, 15) is 18.0 Å². The van der Waals surface area contributed by atoms with Crippen LogP contribution < -0.4 is 14.4 Å². The number of anilines is 1. The third-order valence-corrected chi connectivity index (χ3v) is 9.10. The number of hydrogen-bond donors (Lipinski definition) is 1. The number of amides is 2. The number of halogens is 2. The summed E-state index contributed by atoms with van der Waals surface area (Å²) in [5.74, 6) is 0.123. The lowest BCUT2D eigenvalue weighted by molar-refractivity contribution is -0.141. The van der Waals surface area contributed by atoms with Gasteiger partial charge in [0.1, 0.15) is 11.8 Å². The van der Waals surface area contributed by atoms with Gasteiger partial charge in [-0.15, -0.1) is 0 Å². The zero-order chi connectivity index (χ0) is 29.3.